The largest absolute Gasteiger partial charge is 0.396 e. The van der Waals surface area contributed by atoms with Crippen molar-refractivity contribution in [1.82, 2.24) is 20.4 Å². The van der Waals surface area contributed by atoms with Gasteiger partial charge in [0.05, 0.1) is 5.69 Å². The number of rotatable bonds is 7. The highest BCUT2D eigenvalue weighted by Gasteiger charge is 2.15. The second-order valence-corrected chi connectivity index (χ2v) is 5.81. The molecule has 0 aliphatic carbocycles. The van der Waals surface area contributed by atoms with E-state index in [0.717, 1.165) is 11.3 Å². The number of nitrogens with zero attached hydrogens (tertiary/aromatic N) is 2. The molecule has 1 aromatic heterocycles. The van der Waals surface area contributed by atoms with Crippen molar-refractivity contribution in [2.75, 3.05) is 6.61 Å². The molecule has 0 radical (unpaired) electrons. The van der Waals surface area contributed by atoms with Crippen molar-refractivity contribution < 1.29 is 9.90 Å². The van der Waals surface area contributed by atoms with Gasteiger partial charge in [-0.2, -0.15) is 5.10 Å². The molecule has 0 spiro atoms. The smallest absolute Gasteiger partial charge is 0.315 e. The second-order valence-electron chi connectivity index (χ2n) is 5.81. The van der Waals surface area contributed by atoms with Gasteiger partial charge < -0.3 is 15.7 Å². The summed E-state index contributed by atoms with van der Waals surface area (Å²) in [6.07, 6.45) is 4.16. The molecule has 1 heterocycles. The lowest BCUT2D eigenvalue weighted by Crippen LogP contribution is -2.44. The zero-order valence-corrected chi connectivity index (χ0v) is 13.6. The first-order chi connectivity index (χ1) is 11.1. The average Bonchev–Trinajstić information content (AvgIpc) is 3.07. The van der Waals surface area contributed by atoms with Crippen LogP contribution in [0.1, 0.15) is 25.8 Å². The minimum absolute atomic E-state index is 0.0320. The van der Waals surface area contributed by atoms with E-state index in [1.54, 1.807) is 10.9 Å². The molecular formula is C17H24N4O2. The molecule has 6 heteroatoms. The molecule has 1 aromatic carbocycles. The number of aromatic nitrogens is 2. The fourth-order valence-corrected chi connectivity index (χ4v) is 2.34. The molecular weight excluding hydrogens is 292 g/mol. The van der Waals surface area contributed by atoms with E-state index >= 15 is 0 Å². The van der Waals surface area contributed by atoms with Crippen LogP contribution in [0.25, 0.3) is 5.69 Å². The first-order valence-electron chi connectivity index (χ1n) is 7.84. The van der Waals surface area contributed by atoms with Gasteiger partial charge in [0.2, 0.25) is 0 Å². The van der Waals surface area contributed by atoms with E-state index in [9.17, 15) is 4.79 Å². The Kier molecular flexibility index (Phi) is 6.17. The first kappa shape index (κ1) is 17.0. The van der Waals surface area contributed by atoms with Crippen LogP contribution >= 0.6 is 0 Å². The molecule has 3 N–H and O–H groups in total. The lowest BCUT2D eigenvalue weighted by molar-refractivity contribution is 0.218. The summed E-state index contributed by atoms with van der Waals surface area (Å²) < 4.78 is 1.78. The number of aliphatic hydroxyl groups is 1. The Labute approximate surface area is 136 Å². The minimum atomic E-state index is -0.221. The molecule has 0 aliphatic rings. The topological polar surface area (TPSA) is 79.2 Å². The Balaban J connectivity index is 1.90. The Bertz CT molecular complexity index is 611. The number of carbonyl (C=O) groups excluding carboxylic acids is 1. The van der Waals surface area contributed by atoms with Crippen molar-refractivity contribution in [2.24, 2.45) is 5.92 Å². The summed E-state index contributed by atoms with van der Waals surface area (Å²) in [7, 11) is 0. The number of amides is 2. The summed E-state index contributed by atoms with van der Waals surface area (Å²) >= 11 is 0. The lowest BCUT2D eigenvalue weighted by atomic mass is 10.0. The van der Waals surface area contributed by atoms with Gasteiger partial charge >= 0.3 is 6.03 Å². The molecule has 0 aliphatic heterocycles. The molecule has 0 bridgehead atoms. The van der Waals surface area contributed by atoms with Crippen molar-refractivity contribution in [2.45, 2.75) is 32.9 Å². The van der Waals surface area contributed by atoms with Gasteiger partial charge in [0.25, 0.3) is 0 Å². The highest BCUT2D eigenvalue weighted by atomic mass is 16.3. The molecule has 2 rings (SSSR count). The van der Waals surface area contributed by atoms with Crippen LogP contribution < -0.4 is 10.6 Å². The van der Waals surface area contributed by atoms with Crippen molar-refractivity contribution >= 4 is 6.03 Å². The monoisotopic (exact) mass is 316 g/mol. The Hall–Kier alpha value is -2.34. The summed E-state index contributed by atoms with van der Waals surface area (Å²) in [5.74, 6) is 0.274. The first-order valence-corrected chi connectivity index (χ1v) is 7.84. The molecule has 2 aromatic rings. The fourth-order valence-electron chi connectivity index (χ4n) is 2.34. The maximum atomic E-state index is 12.0. The predicted octanol–water partition coefficient (Wildman–Crippen LogP) is 2.08. The molecule has 1 atom stereocenters. The lowest BCUT2D eigenvalue weighted by Gasteiger charge is -2.21. The van der Waals surface area contributed by atoms with Crippen molar-refractivity contribution in [3.05, 3.63) is 48.3 Å². The van der Waals surface area contributed by atoms with E-state index < -0.39 is 0 Å². The number of urea groups is 1. The van der Waals surface area contributed by atoms with Crippen molar-refractivity contribution in [1.29, 1.82) is 0 Å². The number of hydrogen-bond acceptors (Lipinski definition) is 3. The summed E-state index contributed by atoms with van der Waals surface area (Å²) in [4.78, 5) is 12.0. The highest BCUT2D eigenvalue weighted by molar-refractivity contribution is 5.74. The minimum Gasteiger partial charge on any atom is -0.396 e. The van der Waals surface area contributed by atoms with Crippen molar-refractivity contribution in [3.8, 4) is 5.69 Å². The standard InChI is InChI=1S/C17H24N4O2/c1-13(2)16(7-10-22)20-17(23)18-12-14-5-3-6-15(11-14)21-9-4-8-19-21/h3-6,8-9,11,13,16,22H,7,10,12H2,1-2H3,(H2,18,20,23). The van der Waals surface area contributed by atoms with Crippen LogP contribution in [0.4, 0.5) is 4.79 Å². The number of benzene rings is 1. The van der Waals surface area contributed by atoms with Crippen LogP contribution in [-0.4, -0.2) is 33.6 Å². The normalized spacial score (nSPS) is 12.2. The molecule has 0 saturated carbocycles. The van der Waals surface area contributed by atoms with E-state index in [4.69, 9.17) is 5.11 Å². The second kappa shape index (κ2) is 8.33. The van der Waals surface area contributed by atoms with Gasteiger partial charge in [0.15, 0.2) is 0 Å². The number of nitrogens with one attached hydrogen (secondary N) is 2. The van der Waals surface area contributed by atoms with Gasteiger partial charge in [-0.3, -0.25) is 0 Å². The van der Waals surface area contributed by atoms with Crippen LogP contribution in [0.3, 0.4) is 0 Å². The third kappa shape index (κ3) is 5.10. The van der Waals surface area contributed by atoms with Gasteiger partial charge in [-0.25, -0.2) is 9.48 Å². The zero-order chi connectivity index (χ0) is 16.7. The van der Waals surface area contributed by atoms with Crippen LogP contribution in [0.15, 0.2) is 42.7 Å². The molecule has 124 valence electrons. The fraction of sp³-hybridized carbons (Fsp3) is 0.412. The van der Waals surface area contributed by atoms with E-state index in [2.05, 4.69) is 15.7 Å². The third-order valence-corrected chi connectivity index (χ3v) is 3.69. The highest BCUT2D eigenvalue weighted by Crippen LogP contribution is 2.09. The summed E-state index contributed by atoms with van der Waals surface area (Å²) in [6, 6.07) is 9.46. The van der Waals surface area contributed by atoms with Crippen LogP contribution in [0.5, 0.6) is 0 Å². The Morgan fingerprint density at radius 1 is 1.35 bits per heavy atom. The average molecular weight is 316 g/mol. The van der Waals surface area contributed by atoms with E-state index in [0.29, 0.717) is 13.0 Å². The maximum absolute atomic E-state index is 12.0. The van der Waals surface area contributed by atoms with E-state index in [1.165, 1.54) is 0 Å². The SMILES string of the molecule is CC(C)C(CCO)NC(=O)NCc1cccc(-n2cccn2)c1. The molecule has 0 saturated heterocycles. The quantitative estimate of drug-likeness (QED) is 0.732. The van der Waals surface area contributed by atoms with Crippen LogP contribution in [-0.2, 0) is 6.54 Å². The van der Waals surface area contributed by atoms with Gasteiger partial charge in [-0.05, 0) is 36.1 Å². The summed E-state index contributed by atoms with van der Waals surface area (Å²) in [5, 5.41) is 19.0. The molecule has 0 fully saturated rings. The number of aliphatic hydroxyl groups excluding tert-OH is 1. The Morgan fingerprint density at radius 3 is 2.83 bits per heavy atom. The summed E-state index contributed by atoms with van der Waals surface area (Å²) in [6.45, 7) is 4.54. The molecule has 23 heavy (non-hydrogen) atoms. The van der Waals surface area contributed by atoms with Gasteiger partial charge in [0.1, 0.15) is 0 Å². The number of hydrogen-bond donors (Lipinski definition) is 3. The van der Waals surface area contributed by atoms with Gasteiger partial charge in [0, 0.05) is 31.6 Å². The Morgan fingerprint density at radius 2 is 2.17 bits per heavy atom. The molecule has 2 amide bonds. The van der Waals surface area contributed by atoms with Gasteiger partial charge in [-0.15, -0.1) is 0 Å². The van der Waals surface area contributed by atoms with Crippen molar-refractivity contribution in [3.63, 3.8) is 0 Å². The van der Waals surface area contributed by atoms with Gasteiger partial charge in [-0.1, -0.05) is 26.0 Å². The van der Waals surface area contributed by atoms with Crippen LogP contribution in [0.2, 0.25) is 0 Å². The van der Waals surface area contributed by atoms with Crippen LogP contribution in [0, 0.1) is 5.92 Å². The van der Waals surface area contributed by atoms with E-state index in [-0.39, 0.29) is 24.6 Å². The third-order valence-electron chi connectivity index (χ3n) is 3.69. The van der Waals surface area contributed by atoms with E-state index in [1.807, 2.05) is 50.4 Å². The number of carbonyl (C=O) groups is 1. The summed E-state index contributed by atoms with van der Waals surface area (Å²) in [5.41, 5.74) is 1.95. The molecule has 1 unspecified atom stereocenters. The molecule has 6 nitrogen and oxygen atoms in total. The zero-order valence-electron chi connectivity index (χ0n) is 13.6. The maximum Gasteiger partial charge on any atom is 0.315 e. The predicted molar refractivity (Wildman–Crippen MR) is 89.3 cm³/mol.